The number of phenolic OH excluding ortho intramolecular Hbond substituents is 1. The van der Waals surface area contributed by atoms with Gasteiger partial charge in [-0.1, -0.05) is 24.3 Å². The Bertz CT molecular complexity index is 835. The Morgan fingerprint density at radius 3 is 2.96 bits per heavy atom. The summed E-state index contributed by atoms with van der Waals surface area (Å²) < 4.78 is 11.2. The van der Waals surface area contributed by atoms with Crippen LogP contribution in [0.15, 0.2) is 42.5 Å². The van der Waals surface area contributed by atoms with Crippen LogP contribution >= 0.6 is 0 Å². The van der Waals surface area contributed by atoms with Gasteiger partial charge in [-0.15, -0.1) is 0 Å². The normalized spacial score (nSPS) is 22.2. The van der Waals surface area contributed by atoms with Gasteiger partial charge in [0.2, 0.25) is 5.91 Å². The summed E-state index contributed by atoms with van der Waals surface area (Å²) in [5.74, 6) is 1.06. The smallest absolute Gasteiger partial charge is 0.230 e. The zero-order valence-electron chi connectivity index (χ0n) is 15.6. The summed E-state index contributed by atoms with van der Waals surface area (Å²) in [4.78, 5) is 15.2. The minimum Gasteiger partial charge on any atom is -0.508 e. The van der Waals surface area contributed by atoms with Crippen LogP contribution in [0.25, 0.3) is 0 Å². The number of benzene rings is 2. The second-order valence-corrected chi connectivity index (χ2v) is 7.21. The fraction of sp³-hybridized carbons (Fsp3) is 0.409. The van der Waals surface area contributed by atoms with E-state index in [0.29, 0.717) is 25.4 Å². The second kappa shape index (κ2) is 7.61. The molecule has 1 N–H and O–H groups in total. The van der Waals surface area contributed by atoms with Crippen molar-refractivity contribution in [3.63, 3.8) is 0 Å². The predicted molar refractivity (Wildman–Crippen MR) is 102 cm³/mol. The number of carbonyl (C=O) groups is 1. The molecule has 2 aromatic rings. The monoisotopic (exact) mass is 367 g/mol. The molecule has 2 aliphatic rings. The van der Waals surface area contributed by atoms with E-state index < -0.39 is 0 Å². The first-order valence-electron chi connectivity index (χ1n) is 9.52. The van der Waals surface area contributed by atoms with Crippen molar-refractivity contribution < 1.29 is 19.4 Å². The van der Waals surface area contributed by atoms with Gasteiger partial charge in [0, 0.05) is 6.54 Å². The third kappa shape index (κ3) is 3.52. The van der Waals surface area contributed by atoms with Crippen molar-refractivity contribution in [3.05, 3.63) is 59.2 Å². The van der Waals surface area contributed by atoms with Crippen molar-refractivity contribution in [2.24, 2.45) is 0 Å². The molecule has 0 bridgehead atoms. The van der Waals surface area contributed by atoms with E-state index in [2.05, 4.69) is 0 Å². The third-order valence-electron chi connectivity index (χ3n) is 5.62. The molecule has 5 heteroatoms. The van der Waals surface area contributed by atoms with Gasteiger partial charge in [0.25, 0.3) is 0 Å². The van der Waals surface area contributed by atoms with Gasteiger partial charge >= 0.3 is 0 Å². The molecule has 1 fully saturated rings. The summed E-state index contributed by atoms with van der Waals surface area (Å²) >= 11 is 0. The number of fused-ring (bicyclic) bond motifs is 1. The van der Waals surface area contributed by atoms with Gasteiger partial charge in [0.1, 0.15) is 17.6 Å². The van der Waals surface area contributed by atoms with Crippen LogP contribution in [-0.4, -0.2) is 42.7 Å². The minimum absolute atomic E-state index is 0.137. The van der Waals surface area contributed by atoms with Crippen LogP contribution in [0.4, 0.5) is 0 Å². The number of nitrogens with zero attached hydrogens (tertiary/aromatic N) is 1. The first-order chi connectivity index (χ1) is 13.2. The largest absolute Gasteiger partial charge is 0.508 e. The molecule has 0 saturated carbocycles. The van der Waals surface area contributed by atoms with Crippen LogP contribution in [0.1, 0.15) is 41.6 Å². The van der Waals surface area contributed by atoms with Gasteiger partial charge in [-0.2, -0.15) is 0 Å². The molecule has 5 nitrogen and oxygen atoms in total. The van der Waals surface area contributed by atoms with Crippen molar-refractivity contribution in [2.75, 3.05) is 26.8 Å². The number of hydrogen-bond acceptors (Lipinski definition) is 4. The molecule has 0 spiro atoms. The molecule has 2 unspecified atom stereocenters. The molecule has 1 saturated heterocycles. The van der Waals surface area contributed by atoms with Gasteiger partial charge in [-0.25, -0.2) is 0 Å². The molecule has 0 aromatic heterocycles. The van der Waals surface area contributed by atoms with Crippen LogP contribution in [0.5, 0.6) is 11.5 Å². The zero-order valence-corrected chi connectivity index (χ0v) is 15.6. The Morgan fingerprint density at radius 1 is 1.26 bits per heavy atom. The summed E-state index contributed by atoms with van der Waals surface area (Å²) in [5.41, 5.74) is 2.93. The van der Waals surface area contributed by atoms with Gasteiger partial charge in [0.15, 0.2) is 0 Å². The summed E-state index contributed by atoms with van der Waals surface area (Å²) in [6.45, 7) is 1.66. The molecule has 1 aliphatic heterocycles. The Morgan fingerprint density at radius 2 is 2.11 bits per heavy atom. The topological polar surface area (TPSA) is 59.0 Å². The van der Waals surface area contributed by atoms with Gasteiger partial charge < -0.3 is 19.5 Å². The number of rotatable bonds is 3. The highest BCUT2D eigenvalue weighted by molar-refractivity contribution is 5.85. The number of ether oxygens (including phenoxy) is 2. The number of aromatic hydroxyl groups is 1. The maximum Gasteiger partial charge on any atom is 0.230 e. The highest BCUT2D eigenvalue weighted by Crippen LogP contribution is 2.38. The van der Waals surface area contributed by atoms with E-state index in [-0.39, 0.29) is 17.9 Å². The van der Waals surface area contributed by atoms with E-state index in [1.165, 1.54) is 0 Å². The Kier molecular flexibility index (Phi) is 5.03. The van der Waals surface area contributed by atoms with Crippen molar-refractivity contribution >= 4 is 5.91 Å². The lowest BCUT2D eigenvalue weighted by Crippen LogP contribution is -2.44. The van der Waals surface area contributed by atoms with E-state index >= 15 is 0 Å². The van der Waals surface area contributed by atoms with E-state index in [9.17, 15) is 9.90 Å². The first-order valence-corrected chi connectivity index (χ1v) is 9.52. The molecular formula is C22H25NO4. The molecule has 1 heterocycles. The highest BCUT2D eigenvalue weighted by Gasteiger charge is 2.34. The summed E-state index contributed by atoms with van der Waals surface area (Å²) in [6.07, 6.45) is 2.44. The number of carbonyl (C=O) groups excluding carboxylic acids is 1. The molecule has 1 aliphatic carbocycles. The first kappa shape index (κ1) is 17.9. The van der Waals surface area contributed by atoms with E-state index in [1.807, 2.05) is 41.3 Å². The van der Waals surface area contributed by atoms with Gasteiger partial charge in [-0.3, -0.25) is 4.79 Å². The predicted octanol–water partition coefficient (Wildman–Crippen LogP) is 3.42. The van der Waals surface area contributed by atoms with Crippen LogP contribution in [0.3, 0.4) is 0 Å². The maximum atomic E-state index is 13.3. The second-order valence-electron chi connectivity index (χ2n) is 7.21. The third-order valence-corrected chi connectivity index (χ3v) is 5.62. The molecule has 2 atom stereocenters. The lowest BCUT2D eigenvalue weighted by atomic mass is 9.81. The van der Waals surface area contributed by atoms with Crippen LogP contribution in [-0.2, 0) is 16.0 Å². The average molecular weight is 367 g/mol. The van der Waals surface area contributed by atoms with Crippen molar-refractivity contribution in [3.8, 4) is 11.5 Å². The van der Waals surface area contributed by atoms with E-state index in [4.69, 9.17) is 9.47 Å². The quantitative estimate of drug-likeness (QED) is 0.903. The molecular weight excluding hydrogens is 342 g/mol. The minimum atomic E-state index is -0.176. The fourth-order valence-electron chi connectivity index (χ4n) is 4.20. The van der Waals surface area contributed by atoms with Crippen LogP contribution < -0.4 is 4.74 Å². The Labute approximate surface area is 159 Å². The van der Waals surface area contributed by atoms with Crippen molar-refractivity contribution in [2.45, 2.75) is 31.3 Å². The molecule has 0 radical (unpaired) electrons. The van der Waals surface area contributed by atoms with Crippen molar-refractivity contribution in [1.82, 2.24) is 4.90 Å². The van der Waals surface area contributed by atoms with E-state index in [1.54, 1.807) is 13.2 Å². The van der Waals surface area contributed by atoms with Gasteiger partial charge in [-0.05, 0) is 54.2 Å². The number of amides is 1. The Balaban J connectivity index is 1.54. The van der Waals surface area contributed by atoms with Crippen LogP contribution in [0.2, 0.25) is 0 Å². The lowest BCUT2D eigenvalue weighted by molar-refractivity contribution is -0.141. The summed E-state index contributed by atoms with van der Waals surface area (Å²) in [5, 5.41) is 10.1. The summed E-state index contributed by atoms with van der Waals surface area (Å²) in [7, 11) is 1.65. The maximum absolute atomic E-state index is 13.3. The molecule has 27 heavy (non-hydrogen) atoms. The van der Waals surface area contributed by atoms with Gasteiger partial charge in [0.05, 0.1) is 26.2 Å². The molecule has 1 amide bonds. The summed E-state index contributed by atoms with van der Waals surface area (Å²) in [6, 6.07) is 13.3. The zero-order chi connectivity index (χ0) is 18.8. The number of morpholine rings is 1. The Hall–Kier alpha value is -2.53. The number of methoxy groups -OCH3 is 1. The lowest BCUT2D eigenvalue weighted by Gasteiger charge is -2.36. The molecule has 4 rings (SSSR count). The average Bonchev–Trinajstić information content (AvgIpc) is 2.73. The van der Waals surface area contributed by atoms with E-state index in [0.717, 1.165) is 41.7 Å². The number of hydrogen-bond donors (Lipinski definition) is 1. The fourth-order valence-corrected chi connectivity index (χ4v) is 4.20. The number of phenols is 1. The SMILES string of the molecule is COc1cccc(C2CN(C(=O)C3CCCc4c(O)cccc43)CCO2)c1. The highest BCUT2D eigenvalue weighted by atomic mass is 16.5. The van der Waals surface area contributed by atoms with Crippen molar-refractivity contribution in [1.29, 1.82) is 0 Å². The molecule has 142 valence electrons. The molecule has 2 aromatic carbocycles. The van der Waals surface area contributed by atoms with Crippen LogP contribution in [0, 0.1) is 0 Å². The standard InChI is InChI=1S/C22H25NO4/c1-26-16-6-2-5-15(13-16)21-14-23(11-12-27-21)22(25)19-9-3-8-18-17(19)7-4-10-20(18)24/h2,4-7,10,13,19,21,24H,3,8-9,11-12,14H2,1H3.